The molecule has 37 heavy (non-hydrogen) atoms. The molecule has 2 heterocycles. The number of nitrogens with zero attached hydrogens (tertiary/aromatic N) is 1. The number of hydrogen-bond acceptors (Lipinski definition) is 0. The monoisotopic (exact) mass is 500 g/mol. The van der Waals surface area contributed by atoms with Crippen LogP contribution in [0.2, 0.25) is 0 Å². The molecule has 0 saturated carbocycles. The molecule has 4 aromatic carbocycles. The first-order valence-electron chi connectivity index (χ1n) is 13.7. The summed E-state index contributed by atoms with van der Waals surface area (Å²) in [6.07, 6.45) is 5.83. The average Bonchev–Trinajstić information content (AvgIpc) is 2.97. The van der Waals surface area contributed by atoms with Gasteiger partial charge >= 0.3 is 0 Å². The second kappa shape index (κ2) is 9.88. The molecule has 1 aliphatic heterocycles. The molecule has 0 amide bonds. The van der Waals surface area contributed by atoms with Crippen molar-refractivity contribution in [1.82, 2.24) is 0 Å². The Morgan fingerprint density at radius 2 is 1.24 bits per heavy atom. The highest BCUT2D eigenvalue weighted by Crippen LogP contribution is 2.48. The van der Waals surface area contributed by atoms with E-state index in [0.717, 1.165) is 19.3 Å². The first-order valence-corrected chi connectivity index (χ1v) is 15.0. The minimum Gasteiger partial charge on any atom is -0.192 e. The van der Waals surface area contributed by atoms with Crippen molar-refractivity contribution in [2.24, 2.45) is 0 Å². The topological polar surface area (TPSA) is 3.88 Å². The van der Waals surface area contributed by atoms with Crippen molar-refractivity contribution >= 4 is 34.6 Å². The van der Waals surface area contributed by atoms with Crippen LogP contribution in [-0.2, 0) is 5.54 Å². The summed E-state index contributed by atoms with van der Waals surface area (Å²) in [5.74, 6) is 0.491. The molecule has 1 atom stereocenters. The Balaban J connectivity index is 1.63. The number of pyridine rings is 1. The summed E-state index contributed by atoms with van der Waals surface area (Å²) in [6.45, 7) is 7.12. The summed E-state index contributed by atoms with van der Waals surface area (Å²) in [7, 11) is -0.644. The molecule has 0 spiro atoms. The first-order chi connectivity index (χ1) is 18.2. The van der Waals surface area contributed by atoms with Crippen LogP contribution < -0.4 is 20.5 Å². The quantitative estimate of drug-likeness (QED) is 0.167. The highest BCUT2D eigenvalue weighted by molar-refractivity contribution is 7.79. The molecule has 184 valence electrons. The number of fused-ring (bicyclic) bond motifs is 4. The normalized spacial score (nSPS) is 15.9. The molecule has 0 fully saturated rings. The van der Waals surface area contributed by atoms with Crippen LogP contribution in [0.1, 0.15) is 51.5 Å². The largest absolute Gasteiger partial charge is 0.213 e. The predicted molar refractivity (Wildman–Crippen MR) is 160 cm³/mol. The smallest absolute Gasteiger partial charge is 0.192 e. The molecule has 0 N–H and O–H groups in total. The van der Waals surface area contributed by atoms with E-state index in [1.807, 2.05) is 0 Å². The highest BCUT2D eigenvalue weighted by atomic mass is 31.1. The Kier molecular flexibility index (Phi) is 6.43. The van der Waals surface area contributed by atoms with Gasteiger partial charge in [0, 0.05) is 30.2 Å². The lowest BCUT2D eigenvalue weighted by Gasteiger charge is -2.40. The van der Waals surface area contributed by atoms with Crippen LogP contribution in [-0.4, -0.2) is 0 Å². The van der Waals surface area contributed by atoms with Gasteiger partial charge in [0.05, 0.1) is 5.56 Å². The van der Waals surface area contributed by atoms with E-state index < -0.39 is 7.92 Å². The Bertz CT molecular complexity index is 1500. The molecule has 6 rings (SSSR count). The van der Waals surface area contributed by atoms with Crippen molar-refractivity contribution in [2.45, 2.75) is 51.5 Å². The molecule has 1 unspecified atom stereocenters. The molecular formula is C35H35NP+. The predicted octanol–water partition coefficient (Wildman–Crippen LogP) is 7.58. The van der Waals surface area contributed by atoms with Crippen LogP contribution in [0.5, 0.6) is 0 Å². The van der Waals surface area contributed by atoms with Crippen LogP contribution in [0.15, 0.2) is 115 Å². The lowest BCUT2D eigenvalue weighted by atomic mass is 9.69. The third kappa shape index (κ3) is 3.92. The molecule has 5 aromatic rings. The van der Waals surface area contributed by atoms with E-state index in [0.29, 0.717) is 5.92 Å². The maximum atomic E-state index is 2.66. The van der Waals surface area contributed by atoms with Gasteiger partial charge in [-0.1, -0.05) is 112 Å². The van der Waals surface area contributed by atoms with E-state index in [4.69, 9.17) is 0 Å². The lowest BCUT2D eigenvalue weighted by Crippen LogP contribution is -2.62. The number of rotatable bonds is 6. The summed E-state index contributed by atoms with van der Waals surface area (Å²) in [5, 5.41) is 6.85. The van der Waals surface area contributed by atoms with Crippen molar-refractivity contribution in [1.29, 1.82) is 0 Å². The van der Waals surface area contributed by atoms with E-state index in [9.17, 15) is 0 Å². The van der Waals surface area contributed by atoms with Crippen LogP contribution >= 0.6 is 7.92 Å². The van der Waals surface area contributed by atoms with Crippen LogP contribution in [0.4, 0.5) is 0 Å². The van der Waals surface area contributed by atoms with Crippen LogP contribution in [0, 0.1) is 0 Å². The van der Waals surface area contributed by atoms with Gasteiger partial charge < -0.3 is 0 Å². The third-order valence-corrected chi connectivity index (χ3v) is 11.0. The van der Waals surface area contributed by atoms with Crippen molar-refractivity contribution in [3.63, 3.8) is 0 Å². The van der Waals surface area contributed by atoms with E-state index in [-0.39, 0.29) is 5.54 Å². The van der Waals surface area contributed by atoms with Gasteiger partial charge in [0.15, 0.2) is 11.7 Å². The second-order valence-corrected chi connectivity index (χ2v) is 12.4. The molecule has 1 aromatic heterocycles. The minimum atomic E-state index is -0.644. The SMILES string of the molecule is CCC1c2ccc(P(c3ccccc3)c3ccccc3)cc2-c2cc3ccccc3c[n+]2C1(CC)CC. The van der Waals surface area contributed by atoms with Crippen LogP contribution in [0.25, 0.3) is 22.0 Å². The molecular weight excluding hydrogens is 465 g/mol. The Labute approximate surface area is 222 Å². The fourth-order valence-electron chi connectivity index (χ4n) is 6.71. The maximum Gasteiger partial charge on any atom is 0.213 e. The van der Waals surface area contributed by atoms with Gasteiger partial charge in [-0.05, 0) is 53.3 Å². The fraction of sp³-hybridized carbons (Fsp3) is 0.229. The van der Waals surface area contributed by atoms with E-state index in [1.54, 1.807) is 0 Å². The Morgan fingerprint density at radius 3 is 1.84 bits per heavy atom. The highest BCUT2D eigenvalue weighted by Gasteiger charge is 2.50. The standard InChI is InChI=1S/C35H35NP/c1-4-33-31-22-21-30(37(28-17-9-7-10-18-28)29-19-11-8-12-20-29)24-32(31)34-23-26-15-13-14-16-27(26)25-36(34)35(33,5-2)6-3/h7-25,33H,4-6H2,1-3H3/q+1. The second-order valence-electron chi connectivity index (χ2n) is 10.2. The van der Waals surface area contributed by atoms with Gasteiger partial charge in [0.25, 0.3) is 0 Å². The van der Waals surface area contributed by atoms with E-state index in [1.165, 1.54) is 43.5 Å². The minimum absolute atomic E-state index is 0.0895. The number of aromatic nitrogens is 1. The number of benzene rings is 4. The summed E-state index contributed by atoms with van der Waals surface area (Å²) in [6, 6.07) is 40.8. The van der Waals surface area contributed by atoms with Crippen molar-refractivity contribution in [3.05, 3.63) is 121 Å². The van der Waals surface area contributed by atoms with Crippen molar-refractivity contribution in [2.75, 3.05) is 0 Å². The molecule has 0 saturated heterocycles. The lowest BCUT2D eigenvalue weighted by molar-refractivity contribution is -0.761. The summed E-state index contributed by atoms with van der Waals surface area (Å²) in [4.78, 5) is 0. The Hall–Kier alpha value is -3.28. The average molecular weight is 501 g/mol. The molecule has 0 aliphatic carbocycles. The van der Waals surface area contributed by atoms with Gasteiger partial charge in [-0.25, -0.2) is 0 Å². The van der Waals surface area contributed by atoms with Gasteiger partial charge in [-0.2, -0.15) is 4.57 Å². The summed E-state index contributed by atoms with van der Waals surface area (Å²) >= 11 is 0. The van der Waals surface area contributed by atoms with E-state index in [2.05, 4.69) is 141 Å². The van der Waals surface area contributed by atoms with Gasteiger partial charge in [0.1, 0.15) is 0 Å². The Morgan fingerprint density at radius 1 is 0.649 bits per heavy atom. The molecule has 0 bridgehead atoms. The maximum absolute atomic E-state index is 2.66. The van der Waals surface area contributed by atoms with Gasteiger partial charge in [0.2, 0.25) is 5.69 Å². The molecule has 2 heteroatoms. The molecule has 1 aliphatic rings. The zero-order valence-corrected chi connectivity index (χ0v) is 23.0. The zero-order valence-electron chi connectivity index (χ0n) is 22.1. The number of hydrogen-bond donors (Lipinski definition) is 0. The zero-order chi connectivity index (χ0) is 25.4. The van der Waals surface area contributed by atoms with Crippen molar-refractivity contribution in [3.8, 4) is 11.3 Å². The summed E-state index contributed by atoms with van der Waals surface area (Å²) < 4.78 is 2.66. The van der Waals surface area contributed by atoms with Gasteiger partial charge in [-0.15, -0.1) is 0 Å². The summed E-state index contributed by atoms with van der Waals surface area (Å²) in [5.41, 5.74) is 4.37. The first kappa shape index (κ1) is 24.1. The van der Waals surface area contributed by atoms with Crippen molar-refractivity contribution < 1.29 is 4.57 Å². The molecule has 0 radical (unpaired) electrons. The fourth-order valence-corrected chi connectivity index (χ4v) is 9.03. The molecule has 1 nitrogen and oxygen atoms in total. The van der Waals surface area contributed by atoms with E-state index >= 15 is 0 Å². The third-order valence-electron chi connectivity index (χ3n) is 8.55. The van der Waals surface area contributed by atoms with Gasteiger partial charge in [-0.3, -0.25) is 0 Å². The van der Waals surface area contributed by atoms with Crippen LogP contribution in [0.3, 0.4) is 0 Å².